The highest BCUT2D eigenvalue weighted by Gasteiger charge is 2.28. The first kappa shape index (κ1) is 15.6. The van der Waals surface area contributed by atoms with Gasteiger partial charge < -0.3 is 13.9 Å². The van der Waals surface area contributed by atoms with Gasteiger partial charge >= 0.3 is 0 Å². The van der Waals surface area contributed by atoms with Crippen molar-refractivity contribution < 1.29 is 9.21 Å². The fourth-order valence-electron chi connectivity index (χ4n) is 3.53. The van der Waals surface area contributed by atoms with Crippen LogP contribution in [0.15, 0.2) is 53.5 Å². The summed E-state index contributed by atoms with van der Waals surface area (Å²) in [6.45, 7) is 3.48. The van der Waals surface area contributed by atoms with Crippen molar-refractivity contribution in [3.63, 3.8) is 0 Å². The Morgan fingerprint density at radius 2 is 2.12 bits per heavy atom. The van der Waals surface area contributed by atoms with E-state index in [0.717, 1.165) is 36.5 Å². The summed E-state index contributed by atoms with van der Waals surface area (Å²) in [6.07, 6.45) is 8.97. The van der Waals surface area contributed by atoms with Crippen LogP contribution in [0.1, 0.15) is 35.1 Å². The van der Waals surface area contributed by atoms with E-state index in [4.69, 9.17) is 4.42 Å². The molecule has 128 valence electrons. The number of aryl methyl sites for hydroxylation is 1. The summed E-state index contributed by atoms with van der Waals surface area (Å²) in [4.78, 5) is 23.2. The minimum Gasteiger partial charge on any atom is -0.459 e. The predicted molar refractivity (Wildman–Crippen MR) is 93.1 cm³/mol. The topological polar surface area (TPSA) is 64.2 Å². The fraction of sp³-hybridized carbons (Fsp3) is 0.316. The van der Waals surface area contributed by atoms with Gasteiger partial charge in [-0.1, -0.05) is 0 Å². The minimum atomic E-state index is -0.0436. The van der Waals surface area contributed by atoms with Crippen LogP contribution in [-0.4, -0.2) is 38.4 Å². The first-order valence-corrected chi connectivity index (χ1v) is 8.51. The van der Waals surface area contributed by atoms with Gasteiger partial charge in [-0.25, -0.2) is 4.98 Å². The van der Waals surface area contributed by atoms with E-state index in [1.54, 1.807) is 24.5 Å². The summed E-state index contributed by atoms with van der Waals surface area (Å²) < 4.78 is 7.52. The lowest BCUT2D eigenvalue weighted by molar-refractivity contribution is 0.0647. The van der Waals surface area contributed by atoms with Gasteiger partial charge in [0.1, 0.15) is 5.82 Å². The van der Waals surface area contributed by atoms with Crippen LogP contribution in [0.3, 0.4) is 0 Å². The summed E-state index contributed by atoms with van der Waals surface area (Å²) in [6, 6.07) is 7.60. The molecule has 1 unspecified atom stereocenters. The van der Waals surface area contributed by atoms with Crippen LogP contribution >= 0.6 is 0 Å². The second kappa shape index (κ2) is 6.55. The van der Waals surface area contributed by atoms with Crippen LogP contribution in [-0.2, 0) is 0 Å². The number of pyridine rings is 1. The zero-order valence-corrected chi connectivity index (χ0v) is 14.1. The Labute approximate surface area is 146 Å². The molecule has 3 aromatic heterocycles. The lowest BCUT2D eigenvalue weighted by Crippen LogP contribution is -2.40. The normalized spacial score (nSPS) is 17.6. The summed E-state index contributed by atoms with van der Waals surface area (Å²) in [5.74, 6) is 1.28. The van der Waals surface area contributed by atoms with Crippen LogP contribution in [0, 0.1) is 6.92 Å². The number of imidazole rings is 1. The molecule has 0 bridgehead atoms. The molecule has 1 atom stereocenters. The monoisotopic (exact) mass is 336 g/mol. The molecule has 6 nitrogen and oxygen atoms in total. The molecule has 0 saturated carbocycles. The van der Waals surface area contributed by atoms with Gasteiger partial charge in [0, 0.05) is 42.9 Å². The van der Waals surface area contributed by atoms with Crippen LogP contribution in [0.2, 0.25) is 0 Å². The second-order valence-electron chi connectivity index (χ2n) is 6.35. The standard InChI is InChI=1S/C19H20N4O2/c1-14-12-21-18(15-6-8-20-9-7-15)23(14)16-4-2-10-22(13-16)19(24)17-5-3-11-25-17/h3,5-9,11-12,16H,2,4,10,13H2,1H3. The zero-order chi connectivity index (χ0) is 17.2. The maximum absolute atomic E-state index is 12.6. The molecule has 1 aliphatic heterocycles. The zero-order valence-electron chi connectivity index (χ0n) is 14.1. The molecular formula is C19H20N4O2. The third-order valence-corrected chi connectivity index (χ3v) is 4.70. The first-order valence-electron chi connectivity index (χ1n) is 8.51. The van der Waals surface area contributed by atoms with E-state index < -0.39 is 0 Å². The Balaban J connectivity index is 1.62. The smallest absolute Gasteiger partial charge is 0.289 e. The van der Waals surface area contributed by atoms with E-state index in [2.05, 4.69) is 21.5 Å². The molecule has 4 heterocycles. The number of aromatic nitrogens is 3. The van der Waals surface area contributed by atoms with Crippen LogP contribution < -0.4 is 0 Å². The molecule has 0 N–H and O–H groups in total. The number of likely N-dealkylation sites (tertiary alicyclic amines) is 1. The summed E-state index contributed by atoms with van der Waals surface area (Å²) in [7, 11) is 0. The lowest BCUT2D eigenvalue weighted by Gasteiger charge is -2.34. The van der Waals surface area contributed by atoms with Crippen molar-refractivity contribution in [3.8, 4) is 11.4 Å². The molecule has 25 heavy (non-hydrogen) atoms. The molecule has 3 aromatic rings. The van der Waals surface area contributed by atoms with E-state index in [0.29, 0.717) is 12.3 Å². The Bertz CT molecular complexity index is 855. The van der Waals surface area contributed by atoms with Crippen LogP contribution in [0.4, 0.5) is 0 Å². The van der Waals surface area contributed by atoms with Gasteiger partial charge in [0.25, 0.3) is 5.91 Å². The van der Waals surface area contributed by atoms with Crippen molar-refractivity contribution in [3.05, 3.63) is 60.6 Å². The van der Waals surface area contributed by atoms with Crippen molar-refractivity contribution in [1.82, 2.24) is 19.4 Å². The summed E-state index contributed by atoms with van der Waals surface area (Å²) in [5, 5.41) is 0. The SMILES string of the molecule is Cc1cnc(-c2ccncc2)n1C1CCCN(C(=O)c2ccco2)C1. The number of carbonyl (C=O) groups excluding carboxylic acids is 1. The summed E-state index contributed by atoms with van der Waals surface area (Å²) >= 11 is 0. The Morgan fingerprint density at radius 3 is 2.88 bits per heavy atom. The van der Waals surface area contributed by atoms with E-state index in [1.165, 1.54) is 6.26 Å². The van der Waals surface area contributed by atoms with E-state index in [1.807, 2.05) is 23.2 Å². The Morgan fingerprint density at radius 1 is 1.28 bits per heavy atom. The van der Waals surface area contributed by atoms with Gasteiger partial charge in [-0.15, -0.1) is 0 Å². The predicted octanol–water partition coefficient (Wildman–Crippen LogP) is 3.32. The number of amides is 1. The molecule has 0 radical (unpaired) electrons. The van der Waals surface area contributed by atoms with Crippen molar-refractivity contribution in [2.24, 2.45) is 0 Å². The molecular weight excluding hydrogens is 316 g/mol. The maximum Gasteiger partial charge on any atom is 0.289 e. The Hall–Kier alpha value is -2.89. The number of hydrogen-bond donors (Lipinski definition) is 0. The number of hydrogen-bond acceptors (Lipinski definition) is 4. The highest BCUT2D eigenvalue weighted by atomic mass is 16.3. The summed E-state index contributed by atoms with van der Waals surface area (Å²) in [5.41, 5.74) is 2.14. The molecule has 1 fully saturated rings. The van der Waals surface area contributed by atoms with Gasteiger partial charge in [-0.3, -0.25) is 9.78 Å². The maximum atomic E-state index is 12.6. The third kappa shape index (κ3) is 2.95. The van der Waals surface area contributed by atoms with Crippen molar-refractivity contribution in [2.45, 2.75) is 25.8 Å². The average molecular weight is 336 g/mol. The van der Waals surface area contributed by atoms with Gasteiger partial charge in [-0.05, 0) is 44.0 Å². The number of furan rings is 1. The average Bonchev–Trinajstić information content (AvgIpc) is 3.32. The Kier molecular flexibility index (Phi) is 4.09. The van der Waals surface area contributed by atoms with Gasteiger partial charge in [0.15, 0.2) is 5.76 Å². The van der Waals surface area contributed by atoms with E-state index in [-0.39, 0.29) is 11.9 Å². The number of rotatable bonds is 3. The number of piperidine rings is 1. The lowest BCUT2D eigenvalue weighted by atomic mass is 10.0. The molecule has 0 aromatic carbocycles. The second-order valence-corrected chi connectivity index (χ2v) is 6.35. The number of carbonyl (C=O) groups is 1. The molecule has 1 saturated heterocycles. The first-order chi connectivity index (χ1) is 12.2. The highest BCUT2D eigenvalue weighted by molar-refractivity contribution is 5.91. The van der Waals surface area contributed by atoms with Crippen molar-refractivity contribution in [1.29, 1.82) is 0 Å². The third-order valence-electron chi connectivity index (χ3n) is 4.70. The van der Waals surface area contributed by atoms with E-state index >= 15 is 0 Å². The molecule has 1 amide bonds. The van der Waals surface area contributed by atoms with Crippen LogP contribution in [0.25, 0.3) is 11.4 Å². The van der Waals surface area contributed by atoms with Crippen LogP contribution in [0.5, 0.6) is 0 Å². The number of nitrogens with zero attached hydrogens (tertiary/aromatic N) is 4. The minimum absolute atomic E-state index is 0.0436. The fourth-order valence-corrected chi connectivity index (χ4v) is 3.53. The van der Waals surface area contributed by atoms with Crippen molar-refractivity contribution >= 4 is 5.91 Å². The van der Waals surface area contributed by atoms with Gasteiger partial charge in [0.05, 0.1) is 12.3 Å². The highest BCUT2D eigenvalue weighted by Crippen LogP contribution is 2.29. The van der Waals surface area contributed by atoms with E-state index in [9.17, 15) is 4.79 Å². The van der Waals surface area contributed by atoms with Crippen molar-refractivity contribution in [2.75, 3.05) is 13.1 Å². The molecule has 4 rings (SSSR count). The molecule has 1 aliphatic rings. The largest absolute Gasteiger partial charge is 0.459 e. The quantitative estimate of drug-likeness (QED) is 0.736. The van der Waals surface area contributed by atoms with Gasteiger partial charge in [0.2, 0.25) is 0 Å². The molecule has 0 aliphatic carbocycles. The van der Waals surface area contributed by atoms with Gasteiger partial charge in [-0.2, -0.15) is 0 Å². The molecule has 0 spiro atoms. The molecule has 6 heteroatoms.